The van der Waals surface area contributed by atoms with Crippen molar-refractivity contribution in [2.75, 3.05) is 19.1 Å². The van der Waals surface area contributed by atoms with Crippen LogP contribution >= 0.6 is 11.3 Å². The van der Waals surface area contributed by atoms with Crippen LogP contribution in [-0.2, 0) is 16.4 Å². The summed E-state index contributed by atoms with van der Waals surface area (Å²) in [5.41, 5.74) is 2.06. The summed E-state index contributed by atoms with van der Waals surface area (Å²) >= 11 is 1.59. The van der Waals surface area contributed by atoms with Gasteiger partial charge in [0.25, 0.3) is 0 Å². The summed E-state index contributed by atoms with van der Waals surface area (Å²) in [4.78, 5) is 8.80. The number of thiazole rings is 1. The summed E-state index contributed by atoms with van der Waals surface area (Å²) in [6, 6.07) is 10.1. The number of benzene rings is 1. The van der Waals surface area contributed by atoms with Gasteiger partial charge in [0.15, 0.2) is 5.96 Å². The van der Waals surface area contributed by atoms with Crippen molar-refractivity contribution in [3.8, 4) is 11.3 Å². The normalized spacial score (nSPS) is 13.5. The molecule has 0 aliphatic heterocycles. The van der Waals surface area contributed by atoms with Crippen LogP contribution in [0.5, 0.6) is 0 Å². The molecule has 6 nitrogen and oxygen atoms in total. The van der Waals surface area contributed by atoms with Gasteiger partial charge in [-0.3, -0.25) is 4.99 Å². The molecule has 1 heterocycles. The average molecular weight is 381 g/mol. The van der Waals surface area contributed by atoms with Gasteiger partial charge in [-0.1, -0.05) is 30.3 Å². The molecule has 2 N–H and O–H groups in total. The second kappa shape index (κ2) is 8.96. The number of rotatable bonds is 7. The molecule has 0 aliphatic rings. The van der Waals surface area contributed by atoms with Gasteiger partial charge in [0.05, 0.1) is 18.0 Å². The van der Waals surface area contributed by atoms with Crippen LogP contribution in [0.2, 0.25) is 0 Å². The van der Waals surface area contributed by atoms with Crippen molar-refractivity contribution in [3.63, 3.8) is 0 Å². The third kappa shape index (κ3) is 6.83. The minimum atomic E-state index is -2.95. The van der Waals surface area contributed by atoms with Gasteiger partial charge in [-0.2, -0.15) is 0 Å². The molecule has 0 amide bonds. The lowest BCUT2D eigenvalue weighted by Crippen LogP contribution is -2.42. The highest BCUT2D eigenvalue weighted by Crippen LogP contribution is 2.21. The first-order valence-corrected chi connectivity index (χ1v) is 11.0. The molecule has 1 atom stereocenters. The second-order valence-corrected chi connectivity index (χ2v) is 9.08. The molecule has 0 radical (unpaired) electrons. The fourth-order valence-electron chi connectivity index (χ4n) is 2.18. The molecular formula is C17H24N4O2S2. The zero-order valence-electron chi connectivity index (χ0n) is 14.7. The van der Waals surface area contributed by atoms with E-state index in [0.29, 0.717) is 18.9 Å². The molecule has 0 bridgehead atoms. The molecule has 0 saturated heterocycles. The van der Waals surface area contributed by atoms with E-state index in [1.807, 2.05) is 42.6 Å². The number of guanidine groups is 1. The van der Waals surface area contributed by atoms with E-state index in [9.17, 15) is 8.42 Å². The monoisotopic (exact) mass is 380 g/mol. The van der Waals surface area contributed by atoms with Crippen LogP contribution in [0.1, 0.15) is 18.4 Å². The summed E-state index contributed by atoms with van der Waals surface area (Å²) in [5.74, 6) is 0.794. The lowest BCUT2D eigenvalue weighted by molar-refractivity contribution is 0.581. The number of aliphatic imine (C=N–C) groups is 1. The highest BCUT2D eigenvalue weighted by molar-refractivity contribution is 7.90. The van der Waals surface area contributed by atoms with Crippen molar-refractivity contribution in [2.24, 2.45) is 4.99 Å². The fraction of sp³-hybridized carbons (Fsp3) is 0.412. The molecule has 2 rings (SSSR count). The highest BCUT2D eigenvalue weighted by Gasteiger charge is 2.10. The van der Waals surface area contributed by atoms with Gasteiger partial charge in [0, 0.05) is 30.3 Å². The predicted molar refractivity (Wildman–Crippen MR) is 105 cm³/mol. The lowest BCUT2D eigenvalue weighted by atomic mass is 10.2. The Hall–Kier alpha value is -1.93. The number of aromatic nitrogens is 1. The Morgan fingerprint density at radius 1 is 1.32 bits per heavy atom. The molecular weight excluding hydrogens is 356 g/mol. The van der Waals surface area contributed by atoms with E-state index in [-0.39, 0.29) is 11.8 Å². The van der Waals surface area contributed by atoms with E-state index in [1.54, 1.807) is 18.4 Å². The minimum Gasteiger partial charge on any atom is -0.354 e. The maximum absolute atomic E-state index is 11.2. The number of hydrogen-bond donors (Lipinski definition) is 2. The van der Waals surface area contributed by atoms with E-state index in [4.69, 9.17) is 0 Å². The molecule has 2 aromatic rings. The average Bonchev–Trinajstić information content (AvgIpc) is 3.06. The Balaban J connectivity index is 1.86. The number of nitrogens with zero attached hydrogens (tertiary/aromatic N) is 2. The Bertz CT molecular complexity index is 801. The molecule has 0 fully saturated rings. The molecule has 1 aromatic carbocycles. The van der Waals surface area contributed by atoms with Crippen LogP contribution in [0.4, 0.5) is 0 Å². The molecule has 25 heavy (non-hydrogen) atoms. The van der Waals surface area contributed by atoms with Gasteiger partial charge in [0.1, 0.15) is 14.8 Å². The van der Waals surface area contributed by atoms with Gasteiger partial charge in [0.2, 0.25) is 0 Å². The topological polar surface area (TPSA) is 83.4 Å². The minimum absolute atomic E-state index is 0.0112. The van der Waals surface area contributed by atoms with Crippen LogP contribution in [0.15, 0.2) is 40.7 Å². The molecule has 136 valence electrons. The third-order valence-electron chi connectivity index (χ3n) is 3.56. The first-order valence-electron chi connectivity index (χ1n) is 8.02. The van der Waals surface area contributed by atoms with E-state index in [1.165, 1.54) is 6.26 Å². The summed E-state index contributed by atoms with van der Waals surface area (Å²) in [6.45, 7) is 2.50. The van der Waals surface area contributed by atoms with Gasteiger partial charge in [-0.05, 0) is 13.3 Å². The lowest BCUT2D eigenvalue weighted by Gasteiger charge is -2.17. The van der Waals surface area contributed by atoms with Crippen LogP contribution in [0.3, 0.4) is 0 Å². The smallest absolute Gasteiger partial charge is 0.191 e. The zero-order chi connectivity index (χ0) is 18.3. The maximum atomic E-state index is 11.2. The molecule has 1 aromatic heterocycles. The summed E-state index contributed by atoms with van der Waals surface area (Å²) in [7, 11) is -1.26. The Kier molecular flexibility index (Phi) is 6.95. The predicted octanol–water partition coefficient (Wildman–Crippen LogP) is 2.30. The Morgan fingerprint density at radius 2 is 2.04 bits per heavy atom. The summed E-state index contributed by atoms with van der Waals surface area (Å²) in [6.07, 6.45) is 1.79. The second-order valence-electron chi connectivity index (χ2n) is 5.88. The summed E-state index contributed by atoms with van der Waals surface area (Å²) < 4.78 is 22.5. The SMILES string of the molecule is CN=C(NCc1nc(-c2ccccc2)cs1)NC(C)CCS(C)(=O)=O. The van der Waals surface area contributed by atoms with Crippen LogP contribution in [-0.4, -0.2) is 44.5 Å². The van der Waals surface area contributed by atoms with Crippen molar-refractivity contribution in [2.45, 2.75) is 25.9 Å². The molecule has 0 saturated carbocycles. The van der Waals surface area contributed by atoms with Gasteiger partial charge in [-0.15, -0.1) is 11.3 Å². The highest BCUT2D eigenvalue weighted by atomic mass is 32.2. The standard InChI is InChI=1S/C17H24N4O2S2/c1-13(9-10-25(3,22)23)20-17(18-2)19-11-16-21-15(12-24-16)14-7-5-4-6-8-14/h4-8,12-13H,9-11H2,1-3H3,(H2,18,19,20). The first kappa shape index (κ1) is 19.4. The quantitative estimate of drug-likeness (QED) is 0.569. The van der Waals surface area contributed by atoms with Crippen LogP contribution in [0, 0.1) is 0 Å². The molecule has 0 spiro atoms. The Morgan fingerprint density at radius 3 is 2.68 bits per heavy atom. The van der Waals surface area contributed by atoms with Crippen LogP contribution in [0.25, 0.3) is 11.3 Å². The largest absolute Gasteiger partial charge is 0.354 e. The van der Waals surface area contributed by atoms with Gasteiger partial charge >= 0.3 is 0 Å². The number of nitrogens with one attached hydrogen (secondary N) is 2. The fourth-order valence-corrected chi connectivity index (χ4v) is 3.71. The van der Waals surface area contributed by atoms with Crippen molar-refractivity contribution >= 4 is 27.1 Å². The number of sulfone groups is 1. The van der Waals surface area contributed by atoms with Crippen molar-refractivity contribution in [1.29, 1.82) is 0 Å². The molecule has 1 unspecified atom stereocenters. The molecule has 0 aliphatic carbocycles. The summed E-state index contributed by atoms with van der Waals surface area (Å²) in [5, 5.41) is 9.42. The van der Waals surface area contributed by atoms with Gasteiger partial charge in [-0.25, -0.2) is 13.4 Å². The van der Waals surface area contributed by atoms with Crippen molar-refractivity contribution in [3.05, 3.63) is 40.7 Å². The zero-order valence-corrected chi connectivity index (χ0v) is 16.3. The van der Waals surface area contributed by atoms with Gasteiger partial charge < -0.3 is 10.6 Å². The van der Waals surface area contributed by atoms with E-state index in [2.05, 4.69) is 20.6 Å². The Labute approximate surface area is 153 Å². The molecule has 8 heteroatoms. The van der Waals surface area contributed by atoms with Crippen molar-refractivity contribution < 1.29 is 8.42 Å². The number of hydrogen-bond acceptors (Lipinski definition) is 5. The van der Waals surface area contributed by atoms with E-state index >= 15 is 0 Å². The van der Waals surface area contributed by atoms with E-state index in [0.717, 1.165) is 16.3 Å². The van der Waals surface area contributed by atoms with Crippen molar-refractivity contribution in [1.82, 2.24) is 15.6 Å². The first-order chi connectivity index (χ1) is 11.9. The van der Waals surface area contributed by atoms with Crippen LogP contribution < -0.4 is 10.6 Å². The maximum Gasteiger partial charge on any atom is 0.191 e. The third-order valence-corrected chi connectivity index (χ3v) is 5.38. The van der Waals surface area contributed by atoms with E-state index < -0.39 is 9.84 Å².